The molecule has 0 unspecified atom stereocenters. The summed E-state index contributed by atoms with van der Waals surface area (Å²) in [6, 6.07) is 0.122. The Bertz CT molecular complexity index is 263. The molecular weight excluding hydrogens is 245 g/mol. The molecule has 1 rings (SSSR count). The van der Waals surface area contributed by atoms with Gasteiger partial charge in [0.2, 0.25) is 5.91 Å². The van der Waals surface area contributed by atoms with Crippen LogP contribution in [0.1, 0.15) is 44.9 Å². The van der Waals surface area contributed by atoms with Crippen LogP contribution in [-0.4, -0.2) is 36.1 Å². The highest BCUT2D eigenvalue weighted by Crippen LogP contribution is 2.26. The van der Waals surface area contributed by atoms with Crippen molar-refractivity contribution in [3.8, 4) is 0 Å². The summed E-state index contributed by atoms with van der Waals surface area (Å²) in [5, 5.41) is 0. The summed E-state index contributed by atoms with van der Waals surface area (Å²) in [7, 11) is 0. The van der Waals surface area contributed by atoms with Gasteiger partial charge in [-0.05, 0) is 25.8 Å². The van der Waals surface area contributed by atoms with Crippen LogP contribution in [0.2, 0.25) is 0 Å². The van der Waals surface area contributed by atoms with E-state index in [-0.39, 0.29) is 11.9 Å². The van der Waals surface area contributed by atoms with E-state index in [1.54, 1.807) is 4.90 Å². The third-order valence-corrected chi connectivity index (χ3v) is 3.31. The van der Waals surface area contributed by atoms with Gasteiger partial charge < -0.3 is 10.6 Å². The van der Waals surface area contributed by atoms with Gasteiger partial charge in [-0.25, -0.2) is 0 Å². The van der Waals surface area contributed by atoms with Gasteiger partial charge in [0.15, 0.2) is 0 Å². The zero-order valence-corrected chi connectivity index (χ0v) is 10.5. The second kappa shape index (κ2) is 6.97. The number of hydrogen-bond acceptors (Lipinski definition) is 2. The fraction of sp³-hybridized carbons (Fsp3) is 0.917. The Morgan fingerprint density at radius 3 is 2.39 bits per heavy atom. The average molecular weight is 266 g/mol. The molecule has 0 spiro atoms. The molecule has 1 amide bonds. The van der Waals surface area contributed by atoms with Gasteiger partial charge in [0.1, 0.15) is 0 Å². The van der Waals surface area contributed by atoms with Crippen LogP contribution in [0.3, 0.4) is 0 Å². The minimum atomic E-state index is -4.26. The topological polar surface area (TPSA) is 46.3 Å². The number of halogens is 3. The standard InChI is InChI=1S/C12H21F3N2O/c13-12(14,15)7-6-11(18)17(9-3-8-16)10-4-1-2-5-10/h10H,1-9,16H2. The average Bonchev–Trinajstić information content (AvgIpc) is 2.79. The first kappa shape index (κ1) is 15.3. The number of nitrogens with two attached hydrogens (primary N) is 1. The van der Waals surface area contributed by atoms with E-state index in [2.05, 4.69) is 0 Å². The Morgan fingerprint density at radius 1 is 1.28 bits per heavy atom. The first-order valence-electron chi connectivity index (χ1n) is 6.50. The van der Waals surface area contributed by atoms with Gasteiger partial charge in [-0.15, -0.1) is 0 Å². The maximum atomic E-state index is 12.1. The van der Waals surface area contributed by atoms with Crippen LogP contribution >= 0.6 is 0 Å². The van der Waals surface area contributed by atoms with Crippen molar-refractivity contribution in [2.45, 2.75) is 57.2 Å². The fourth-order valence-corrected chi connectivity index (χ4v) is 2.38. The summed E-state index contributed by atoms with van der Waals surface area (Å²) >= 11 is 0. The smallest absolute Gasteiger partial charge is 0.340 e. The van der Waals surface area contributed by atoms with Crippen LogP contribution in [0.25, 0.3) is 0 Å². The van der Waals surface area contributed by atoms with Crippen molar-refractivity contribution in [3.63, 3.8) is 0 Å². The number of hydrogen-bond donors (Lipinski definition) is 1. The van der Waals surface area contributed by atoms with Crippen LogP contribution in [-0.2, 0) is 4.79 Å². The molecule has 0 aromatic heterocycles. The molecule has 6 heteroatoms. The molecule has 0 bridgehead atoms. The number of alkyl halides is 3. The molecule has 0 aromatic rings. The minimum absolute atomic E-state index is 0.122. The molecule has 1 aliphatic rings. The lowest BCUT2D eigenvalue weighted by Crippen LogP contribution is -2.40. The maximum absolute atomic E-state index is 12.1. The van der Waals surface area contributed by atoms with Gasteiger partial charge in [-0.3, -0.25) is 4.79 Å². The Hall–Kier alpha value is -0.780. The van der Waals surface area contributed by atoms with Gasteiger partial charge in [-0.1, -0.05) is 12.8 Å². The van der Waals surface area contributed by atoms with E-state index in [9.17, 15) is 18.0 Å². The highest BCUT2D eigenvalue weighted by molar-refractivity contribution is 5.76. The van der Waals surface area contributed by atoms with Crippen molar-refractivity contribution in [2.75, 3.05) is 13.1 Å². The molecular formula is C12H21F3N2O. The third kappa shape index (κ3) is 5.25. The molecule has 0 radical (unpaired) electrons. The molecule has 3 nitrogen and oxygen atoms in total. The SMILES string of the molecule is NCCCN(C(=O)CCC(F)(F)F)C1CCCC1. The first-order chi connectivity index (χ1) is 8.44. The van der Waals surface area contributed by atoms with Gasteiger partial charge >= 0.3 is 6.18 Å². The Labute approximate surface area is 106 Å². The van der Waals surface area contributed by atoms with E-state index in [0.29, 0.717) is 19.5 Å². The molecule has 0 atom stereocenters. The van der Waals surface area contributed by atoms with Crippen molar-refractivity contribution >= 4 is 5.91 Å². The Balaban J connectivity index is 2.49. The van der Waals surface area contributed by atoms with Gasteiger partial charge in [-0.2, -0.15) is 13.2 Å². The quantitative estimate of drug-likeness (QED) is 0.802. The van der Waals surface area contributed by atoms with Crippen LogP contribution in [0.5, 0.6) is 0 Å². The van der Waals surface area contributed by atoms with Crippen LogP contribution in [0.15, 0.2) is 0 Å². The second-order valence-corrected chi connectivity index (χ2v) is 4.78. The lowest BCUT2D eigenvalue weighted by molar-refractivity contribution is -0.150. The van der Waals surface area contributed by atoms with E-state index in [0.717, 1.165) is 25.7 Å². The summed E-state index contributed by atoms with van der Waals surface area (Å²) in [5.41, 5.74) is 5.40. The van der Waals surface area contributed by atoms with Crippen molar-refractivity contribution in [1.29, 1.82) is 0 Å². The molecule has 1 fully saturated rings. The van der Waals surface area contributed by atoms with Crippen LogP contribution < -0.4 is 5.73 Å². The Morgan fingerprint density at radius 2 is 1.89 bits per heavy atom. The lowest BCUT2D eigenvalue weighted by atomic mass is 10.1. The molecule has 0 aromatic carbocycles. The summed E-state index contributed by atoms with van der Waals surface area (Å²) in [5.74, 6) is -0.382. The zero-order valence-electron chi connectivity index (χ0n) is 10.5. The molecule has 0 aliphatic heterocycles. The highest BCUT2D eigenvalue weighted by atomic mass is 19.4. The molecule has 1 saturated carbocycles. The monoisotopic (exact) mass is 266 g/mol. The third-order valence-electron chi connectivity index (χ3n) is 3.31. The predicted molar refractivity (Wildman–Crippen MR) is 62.9 cm³/mol. The molecule has 106 valence electrons. The van der Waals surface area contributed by atoms with Crippen molar-refractivity contribution in [2.24, 2.45) is 5.73 Å². The fourth-order valence-electron chi connectivity index (χ4n) is 2.38. The van der Waals surface area contributed by atoms with E-state index in [4.69, 9.17) is 5.73 Å². The molecule has 2 N–H and O–H groups in total. The molecule has 18 heavy (non-hydrogen) atoms. The van der Waals surface area contributed by atoms with E-state index >= 15 is 0 Å². The minimum Gasteiger partial charge on any atom is -0.340 e. The largest absolute Gasteiger partial charge is 0.389 e. The van der Waals surface area contributed by atoms with Gasteiger partial charge in [0.25, 0.3) is 0 Å². The zero-order chi connectivity index (χ0) is 13.6. The van der Waals surface area contributed by atoms with Gasteiger partial charge in [0, 0.05) is 19.0 Å². The van der Waals surface area contributed by atoms with Crippen molar-refractivity contribution in [1.82, 2.24) is 4.90 Å². The van der Waals surface area contributed by atoms with E-state index in [1.165, 1.54) is 0 Å². The number of rotatable bonds is 6. The lowest BCUT2D eigenvalue weighted by Gasteiger charge is -2.29. The molecule has 0 heterocycles. The number of carbonyl (C=O) groups excluding carboxylic acids is 1. The van der Waals surface area contributed by atoms with Crippen molar-refractivity contribution in [3.05, 3.63) is 0 Å². The molecule has 0 saturated heterocycles. The summed E-state index contributed by atoms with van der Waals surface area (Å²) in [4.78, 5) is 13.5. The van der Waals surface area contributed by atoms with Crippen molar-refractivity contribution < 1.29 is 18.0 Å². The highest BCUT2D eigenvalue weighted by Gasteiger charge is 2.31. The summed E-state index contributed by atoms with van der Waals surface area (Å²) in [6.45, 7) is 0.938. The number of nitrogens with zero attached hydrogens (tertiary/aromatic N) is 1. The second-order valence-electron chi connectivity index (χ2n) is 4.78. The maximum Gasteiger partial charge on any atom is 0.389 e. The Kier molecular flexibility index (Phi) is 5.91. The predicted octanol–water partition coefficient (Wildman–Crippen LogP) is 2.45. The molecule has 1 aliphatic carbocycles. The number of amides is 1. The van der Waals surface area contributed by atoms with Crippen LogP contribution in [0, 0.1) is 0 Å². The van der Waals surface area contributed by atoms with E-state index < -0.39 is 19.0 Å². The summed E-state index contributed by atoms with van der Waals surface area (Å²) < 4.78 is 36.4. The normalized spacial score (nSPS) is 17.1. The van der Waals surface area contributed by atoms with E-state index in [1.807, 2.05) is 0 Å². The first-order valence-corrected chi connectivity index (χ1v) is 6.50. The van der Waals surface area contributed by atoms with Gasteiger partial charge in [0.05, 0.1) is 6.42 Å². The van der Waals surface area contributed by atoms with Crippen LogP contribution in [0.4, 0.5) is 13.2 Å². The summed E-state index contributed by atoms with van der Waals surface area (Å²) in [6.07, 6.45) is -1.17. The number of carbonyl (C=O) groups is 1.